The summed E-state index contributed by atoms with van der Waals surface area (Å²) in [6.45, 7) is 0.805. The molecule has 0 radical (unpaired) electrons. The highest BCUT2D eigenvalue weighted by molar-refractivity contribution is 7.91. The Balaban J connectivity index is 1.50. The average Bonchev–Trinajstić information content (AvgIpc) is 2.73. The quantitative estimate of drug-likeness (QED) is 0.691. The topological polar surface area (TPSA) is 79.4 Å². The summed E-state index contributed by atoms with van der Waals surface area (Å²) in [6, 6.07) is 8.85. The molecule has 31 heavy (non-hydrogen) atoms. The lowest BCUT2D eigenvalue weighted by Gasteiger charge is -2.32. The molecule has 2 heterocycles. The number of hydrogen-bond acceptors (Lipinski definition) is 5. The van der Waals surface area contributed by atoms with Crippen molar-refractivity contribution in [3.05, 3.63) is 53.2 Å². The molecule has 0 atom stereocenters. The SMILES string of the molecule is O=C(NCCS(=O)(=O)c1ccccc1)C1CCN(c2ncc(C(F)(F)F)cc2Cl)CC1. The lowest BCUT2D eigenvalue weighted by Crippen LogP contribution is -2.42. The Kier molecular flexibility index (Phi) is 7.10. The van der Waals surface area contributed by atoms with Gasteiger partial charge >= 0.3 is 6.18 Å². The third kappa shape index (κ3) is 5.88. The van der Waals surface area contributed by atoms with Crippen molar-refractivity contribution in [3.8, 4) is 0 Å². The molecule has 3 rings (SSSR count). The minimum atomic E-state index is -4.52. The van der Waals surface area contributed by atoms with E-state index in [4.69, 9.17) is 11.6 Å². The Hall–Kier alpha value is -2.33. The standard InChI is InChI=1S/C20H21ClF3N3O3S/c21-17-12-15(20(22,23)24)13-26-18(17)27-9-6-14(7-10-27)19(28)25-8-11-31(29,30)16-4-2-1-3-5-16/h1-5,12-14H,6-11H2,(H,25,28). The largest absolute Gasteiger partial charge is 0.417 e. The van der Waals surface area contributed by atoms with Crippen LogP contribution < -0.4 is 10.2 Å². The molecule has 1 aromatic carbocycles. The van der Waals surface area contributed by atoms with Crippen LogP contribution in [0.15, 0.2) is 47.5 Å². The molecule has 0 bridgehead atoms. The number of piperidine rings is 1. The second kappa shape index (κ2) is 9.44. The van der Waals surface area contributed by atoms with Gasteiger partial charge in [-0.2, -0.15) is 13.2 Å². The number of nitrogens with zero attached hydrogens (tertiary/aromatic N) is 2. The van der Waals surface area contributed by atoms with E-state index in [0.29, 0.717) is 25.9 Å². The third-order valence-electron chi connectivity index (χ3n) is 5.09. The van der Waals surface area contributed by atoms with Gasteiger partial charge in [0.25, 0.3) is 0 Å². The highest BCUT2D eigenvalue weighted by Gasteiger charge is 2.33. The normalized spacial score (nSPS) is 15.7. The molecule has 1 aliphatic rings. The number of amides is 1. The van der Waals surface area contributed by atoms with Crippen molar-refractivity contribution in [2.45, 2.75) is 23.9 Å². The maximum Gasteiger partial charge on any atom is 0.417 e. The van der Waals surface area contributed by atoms with Crippen molar-refractivity contribution < 1.29 is 26.4 Å². The molecular weight excluding hydrogens is 455 g/mol. The number of hydrogen-bond donors (Lipinski definition) is 1. The molecule has 0 saturated carbocycles. The van der Waals surface area contributed by atoms with E-state index >= 15 is 0 Å². The lowest BCUT2D eigenvalue weighted by molar-refractivity contribution is -0.137. The number of benzene rings is 1. The minimum Gasteiger partial charge on any atom is -0.355 e. The molecule has 0 aliphatic carbocycles. The number of carbonyl (C=O) groups excluding carboxylic acids is 1. The molecular formula is C20H21ClF3N3O3S. The molecule has 1 fully saturated rings. The molecule has 0 spiro atoms. The summed E-state index contributed by atoms with van der Waals surface area (Å²) in [5.41, 5.74) is -0.916. The molecule has 168 valence electrons. The Labute approximate surface area is 183 Å². The first-order chi connectivity index (χ1) is 14.6. The van der Waals surface area contributed by atoms with Gasteiger partial charge in [-0.05, 0) is 31.0 Å². The number of sulfone groups is 1. The number of nitrogens with one attached hydrogen (secondary N) is 1. The Morgan fingerprint density at radius 1 is 1.19 bits per heavy atom. The van der Waals surface area contributed by atoms with Gasteiger partial charge in [-0.25, -0.2) is 13.4 Å². The number of halogens is 4. The zero-order valence-corrected chi connectivity index (χ0v) is 18.0. The van der Waals surface area contributed by atoms with Crippen LogP contribution in [0.3, 0.4) is 0 Å². The van der Waals surface area contributed by atoms with Gasteiger partial charge in [0.05, 0.1) is 21.2 Å². The predicted molar refractivity (Wildman–Crippen MR) is 111 cm³/mol. The summed E-state index contributed by atoms with van der Waals surface area (Å²) in [4.78, 5) is 18.2. The van der Waals surface area contributed by atoms with E-state index < -0.39 is 21.6 Å². The van der Waals surface area contributed by atoms with Crippen LogP contribution in [-0.2, 0) is 20.8 Å². The second-order valence-corrected chi connectivity index (χ2v) is 9.73. The maximum atomic E-state index is 12.8. The predicted octanol–water partition coefficient (Wildman–Crippen LogP) is 3.56. The minimum absolute atomic E-state index is 0.00254. The molecule has 6 nitrogen and oxygen atoms in total. The highest BCUT2D eigenvalue weighted by Crippen LogP contribution is 2.34. The van der Waals surface area contributed by atoms with Gasteiger partial charge in [0.2, 0.25) is 5.91 Å². The summed E-state index contributed by atoms with van der Waals surface area (Å²) < 4.78 is 62.8. The van der Waals surface area contributed by atoms with Crippen molar-refractivity contribution in [1.29, 1.82) is 0 Å². The monoisotopic (exact) mass is 475 g/mol. The number of aromatic nitrogens is 1. The van der Waals surface area contributed by atoms with Gasteiger partial charge < -0.3 is 10.2 Å². The van der Waals surface area contributed by atoms with Crippen LogP contribution in [0, 0.1) is 5.92 Å². The van der Waals surface area contributed by atoms with Gasteiger partial charge in [-0.15, -0.1) is 0 Å². The highest BCUT2D eigenvalue weighted by atomic mass is 35.5. The number of carbonyl (C=O) groups is 1. The van der Waals surface area contributed by atoms with Crippen molar-refractivity contribution in [1.82, 2.24) is 10.3 Å². The molecule has 1 N–H and O–H groups in total. The van der Waals surface area contributed by atoms with E-state index in [-0.39, 0.29) is 39.9 Å². The number of rotatable bonds is 6. The summed E-state index contributed by atoms with van der Waals surface area (Å²) in [5, 5.41) is 2.57. The molecule has 2 aromatic rings. The number of alkyl halides is 3. The Morgan fingerprint density at radius 2 is 1.84 bits per heavy atom. The van der Waals surface area contributed by atoms with Crippen LogP contribution in [0.4, 0.5) is 19.0 Å². The molecule has 1 aromatic heterocycles. The van der Waals surface area contributed by atoms with E-state index in [1.807, 2.05) is 0 Å². The maximum absolute atomic E-state index is 12.8. The smallest absolute Gasteiger partial charge is 0.355 e. The van der Waals surface area contributed by atoms with Crippen molar-refractivity contribution in [2.75, 3.05) is 30.3 Å². The summed E-state index contributed by atoms with van der Waals surface area (Å²) in [5.74, 6) is -0.507. The van der Waals surface area contributed by atoms with Crippen LogP contribution in [-0.4, -0.2) is 44.7 Å². The summed E-state index contributed by atoms with van der Waals surface area (Å²) in [7, 11) is -3.48. The van der Waals surface area contributed by atoms with Gasteiger partial charge in [0, 0.05) is 31.7 Å². The van der Waals surface area contributed by atoms with E-state index in [9.17, 15) is 26.4 Å². The fourth-order valence-electron chi connectivity index (χ4n) is 3.37. The third-order valence-corrected chi connectivity index (χ3v) is 7.10. The first-order valence-corrected chi connectivity index (χ1v) is 11.6. The Bertz CT molecular complexity index is 1020. The molecule has 1 aliphatic heterocycles. The van der Waals surface area contributed by atoms with Crippen molar-refractivity contribution in [2.24, 2.45) is 5.92 Å². The van der Waals surface area contributed by atoms with Crippen LogP contribution in [0.2, 0.25) is 5.02 Å². The summed E-state index contributed by atoms with van der Waals surface area (Å²) >= 11 is 5.99. The molecule has 0 unspecified atom stereocenters. The molecule has 1 amide bonds. The van der Waals surface area contributed by atoms with E-state index in [1.54, 1.807) is 23.1 Å². The van der Waals surface area contributed by atoms with E-state index in [2.05, 4.69) is 10.3 Å². The first kappa shape index (κ1) is 23.3. The van der Waals surface area contributed by atoms with Gasteiger partial charge in [0.15, 0.2) is 9.84 Å². The fraction of sp³-hybridized carbons (Fsp3) is 0.400. The average molecular weight is 476 g/mol. The van der Waals surface area contributed by atoms with Crippen LogP contribution in [0.5, 0.6) is 0 Å². The lowest BCUT2D eigenvalue weighted by atomic mass is 9.96. The van der Waals surface area contributed by atoms with Gasteiger partial charge in [-0.1, -0.05) is 29.8 Å². The first-order valence-electron chi connectivity index (χ1n) is 9.61. The number of pyridine rings is 1. The second-order valence-electron chi connectivity index (χ2n) is 7.21. The van der Waals surface area contributed by atoms with Gasteiger partial charge in [-0.3, -0.25) is 4.79 Å². The zero-order chi connectivity index (χ0) is 22.6. The zero-order valence-electron chi connectivity index (χ0n) is 16.4. The van der Waals surface area contributed by atoms with Crippen molar-refractivity contribution >= 4 is 33.2 Å². The molecule has 11 heteroatoms. The fourth-order valence-corrected chi connectivity index (χ4v) is 4.83. The van der Waals surface area contributed by atoms with Crippen molar-refractivity contribution in [3.63, 3.8) is 0 Å². The van der Waals surface area contributed by atoms with Crippen LogP contribution >= 0.6 is 11.6 Å². The Morgan fingerprint density at radius 3 is 2.42 bits per heavy atom. The van der Waals surface area contributed by atoms with E-state index in [1.165, 1.54) is 12.1 Å². The van der Waals surface area contributed by atoms with Gasteiger partial charge in [0.1, 0.15) is 5.82 Å². The summed E-state index contributed by atoms with van der Waals surface area (Å²) in [6.07, 6.45) is -2.87. The van der Waals surface area contributed by atoms with Crippen LogP contribution in [0.25, 0.3) is 0 Å². The number of anilines is 1. The molecule has 1 saturated heterocycles. The van der Waals surface area contributed by atoms with Crippen LogP contribution in [0.1, 0.15) is 18.4 Å². The van der Waals surface area contributed by atoms with E-state index in [0.717, 1.165) is 12.3 Å².